The molecule has 0 radical (unpaired) electrons. The Morgan fingerprint density at radius 1 is 0.700 bits per heavy atom. The van der Waals surface area contributed by atoms with Crippen LogP contribution < -0.4 is 10.6 Å². The Morgan fingerprint density at radius 3 is 1.73 bits per heavy atom. The number of fused-ring (bicyclic) bond motifs is 2. The second-order valence-corrected chi connectivity index (χ2v) is 6.88. The molecule has 0 spiro atoms. The molecule has 148 valence electrons. The molecule has 4 rings (SSSR count). The Kier molecular flexibility index (Phi) is 5.16. The Morgan fingerprint density at radius 2 is 1.20 bits per heavy atom. The van der Waals surface area contributed by atoms with Crippen molar-refractivity contribution in [1.82, 2.24) is 0 Å². The van der Waals surface area contributed by atoms with Gasteiger partial charge in [0.1, 0.15) is 5.88 Å². The molecule has 0 aromatic heterocycles. The van der Waals surface area contributed by atoms with Crippen LogP contribution in [0.4, 0.5) is 11.4 Å². The maximum Gasteiger partial charge on any atom is 0.255 e. The summed E-state index contributed by atoms with van der Waals surface area (Å²) < 4.78 is 0. The molecule has 0 saturated carbocycles. The number of ketones is 2. The number of halogens is 1. The van der Waals surface area contributed by atoms with E-state index < -0.39 is 23.4 Å². The van der Waals surface area contributed by atoms with Gasteiger partial charge in [0.25, 0.3) is 5.91 Å². The SMILES string of the molecule is O=C(CCl)Nc1ccc(NC(=O)c2ccccc2)c2c1C(=O)c1ccccc1C2=O. The van der Waals surface area contributed by atoms with Crippen LogP contribution in [0.2, 0.25) is 0 Å². The van der Waals surface area contributed by atoms with Crippen molar-refractivity contribution in [1.29, 1.82) is 0 Å². The van der Waals surface area contributed by atoms with Crippen molar-refractivity contribution in [3.63, 3.8) is 0 Å². The third-order valence-electron chi connectivity index (χ3n) is 4.76. The van der Waals surface area contributed by atoms with E-state index in [1.165, 1.54) is 12.1 Å². The molecule has 30 heavy (non-hydrogen) atoms. The van der Waals surface area contributed by atoms with Crippen LogP contribution in [0.5, 0.6) is 0 Å². The van der Waals surface area contributed by atoms with Crippen LogP contribution in [-0.2, 0) is 4.79 Å². The molecule has 0 heterocycles. The van der Waals surface area contributed by atoms with Gasteiger partial charge in [-0.15, -0.1) is 11.6 Å². The standard InChI is InChI=1S/C23H15ClN2O4/c24-12-18(27)25-16-10-11-17(26-23(30)13-6-2-1-3-7-13)20-19(16)21(28)14-8-4-5-9-15(14)22(20)29/h1-11H,12H2,(H,25,27)(H,26,30). The normalized spacial score (nSPS) is 12.0. The van der Waals surface area contributed by atoms with Crippen LogP contribution in [0.1, 0.15) is 42.2 Å². The smallest absolute Gasteiger partial charge is 0.255 e. The van der Waals surface area contributed by atoms with Gasteiger partial charge in [0.15, 0.2) is 11.6 Å². The van der Waals surface area contributed by atoms with Crippen LogP contribution in [0.15, 0.2) is 66.7 Å². The molecule has 3 aromatic carbocycles. The van der Waals surface area contributed by atoms with Crippen LogP contribution >= 0.6 is 11.6 Å². The van der Waals surface area contributed by atoms with Gasteiger partial charge >= 0.3 is 0 Å². The lowest BCUT2D eigenvalue weighted by molar-refractivity contribution is -0.113. The average molecular weight is 419 g/mol. The molecule has 1 aliphatic carbocycles. The van der Waals surface area contributed by atoms with E-state index in [1.54, 1.807) is 54.6 Å². The van der Waals surface area contributed by atoms with E-state index in [-0.39, 0.29) is 39.5 Å². The van der Waals surface area contributed by atoms with Crippen LogP contribution in [0, 0.1) is 0 Å². The molecule has 0 unspecified atom stereocenters. The number of nitrogens with one attached hydrogen (secondary N) is 2. The first-order chi connectivity index (χ1) is 14.5. The highest BCUT2D eigenvalue weighted by molar-refractivity contribution is 6.34. The lowest BCUT2D eigenvalue weighted by Gasteiger charge is -2.23. The van der Waals surface area contributed by atoms with Crippen LogP contribution in [0.25, 0.3) is 0 Å². The van der Waals surface area contributed by atoms with Crippen molar-refractivity contribution < 1.29 is 19.2 Å². The van der Waals surface area contributed by atoms with Gasteiger partial charge in [-0.1, -0.05) is 42.5 Å². The number of benzene rings is 3. The monoisotopic (exact) mass is 418 g/mol. The zero-order valence-electron chi connectivity index (χ0n) is 15.6. The van der Waals surface area contributed by atoms with Gasteiger partial charge in [-0.05, 0) is 24.3 Å². The van der Waals surface area contributed by atoms with Crippen molar-refractivity contribution in [2.75, 3.05) is 16.5 Å². The molecule has 2 amide bonds. The van der Waals surface area contributed by atoms with Crippen molar-refractivity contribution in [2.24, 2.45) is 0 Å². The van der Waals surface area contributed by atoms with Crippen LogP contribution in [0.3, 0.4) is 0 Å². The molecular weight excluding hydrogens is 404 g/mol. The molecule has 1 aliphatic rings. The predicted octanol–water partition coefficient (Wildman–Crippen LogP) is 3.89. The minimum absolute atomic E-state index is 0.0306. The number of alkyl halides is 1. The van der Waals surface area contributed by atoms with Gasteiger partial charge < -0.3 is 10.6 Å². The highest BCUT2D eigenvalue weighted by Gasteiger charge is 2.34. The highest BCUT2D eigenvalue weighted by atomic mass is 35.5. The van der Waals surface area contributed by atoms with Gasteiger partial charge in [-0.25, -0.2) is 0 Å². The lowest BCUT2D eigenvalue weighted by Crippen LogP contribution is -2.26. The number of carbonyl (C=O) groups excluding carboxylic acids is 4. The zero-order valence-corrected chi connectivity index (χ0v) is 16.3. The minimum Gasteiger partial charge on any atom is -0.324 e. The molecule has 0 bridgehead atoms. The zero-order chi connectivity index (χ0) is 21.3. The van der Waals surface area contributed by atoms with E-state index in [9.17, 15) is 19.2 Å². The first kappa shape index (κ1) is 19.5. The third kappa shape index (κ3) is 3.38. The molecule has 0 atom stereocenters. The molecular formula is C23H15ClN2O4. The van der Waals surface area contributed by atoms with Gasteiger partial charge in [-0.2, -0.15) is 0 Å². The summed E-state index contributed by atoms with van der Waals surface area (Å²) in [5.74, 6) is -2.07. The highest BCUT2D eigenvalue weighted by Crippen LogP contribution is 2.36. The Hall–Kier alpha value is -3.77. The topological polar surface area (TPSA) is 92.3 Å². The van der Waals surface area contributed by atoms with Gasteiger partial charge in [-0.3, -0.25) is 19.2 Å². The summed E-state index contributed by atoms with van der Waals surface area (Å²) in [4.78, 5) is 50.9. The number of amides is 2. The maximum absolute atomic E-state index is 13.3. The molecule has 7 heteroatoms. The Bertz CT molecular complexity index is 1210. The number of hydrogen-bond donors (Lipinski definition) is 2. The number of rotatable bonds is 4. The van der Waals surface area contributed by atoms with Gasteiger partial charge in [0, 0.05) is 16.7 Å². The molecule has 0 saturated heterocycles. The van der Waals surface area contributed by atoms with Crippen molar-refractivity contribution in [2.45, 2.75) is 0 Å². The van der Waals surface area contributed by atoms with Gasteiger partial charge in [0.05, 0.1) is 22.5 Å². The Labute approximate surface area is 176 Å². The van der Waals surface area contributed by atoms with Crippen molar-refractivity contribution in [3.05, 3.63) is 94.5 Å². The van der Waals surface area contributed by atoms with E-state index >= 15 is 0 Å². The number of hydrogen-bond acceptors (Lipinski definition) is 4. The average Bonchev–Trinajstić information content (AvgIpc) is 2.78. The summed E-state index contributed by atoms with van der Waals surface area (Å²) in [6.07, 6.45) is 0. The second-order valence-electron chi connectivity index (χ2n) is 6.62. The maximum atomic E-state index is 13.3. The Balaban J connectivity index is 1.85. The largest absolute Gasteiger partial charge is 0.324 e. The molecule has 6 nitrogen and oxygen atoms in total. The summed E-state index contributed by atoms with van der Waals surface area (Å²) in [5.41, 5.74) is 1.31. The summed E-state index contributed by atoms with van der Waals surface area (Å²) in [6, 6.07) is 17.9. The van der Waals surface area contributed by atoms with Crippen LogP contribution in [-0.4, -0.2) is 29.3 Å². The fourth-order valence-corrected chi connectivity index (χ4v) is 3.47. The predicted molar refractivity (Wildman–Crippen MR) is 113 cm³/mol. The lowest BCUT2D eigenvalue weighted by atomic mass is 9.82. The fraction of sp³-hybridized carbons (Fsp3) is 0.0435. The first-order valence-electron chi connectivity index (χ1n) is 9.09. The summed E-state index contributed by atoms with van der Waals surface area (Å²) in [6.45, 7) is 0. The summed E-state index contributed by atoms with van der Waals surface area (Å²) in [5, 5.41) is 5.27. The third-order valence-corrected chi connectivity index (χ3v) is 5.00. The minimum atomic E-state index is -0.515. The van der Waals surface area contributed by atoms with Gasteiger partial charge in [0.2, 0.25) is 5.91 Å². The molecule has 0 fully saturated rings. The molecule has 0 aliphatic heterocycles. The van der Waals surface area contributed by atoms with Crippen molar-refractivity contribution in [3.8, 4) is 0 Å². The fourth-order valence-electron chi connectivity index (χ4n) is 3.40. The summed E-state index contributed by atoms with van der Waals surface area (Å²) in [7, 11) is 0. The van der Waals surface area contributed by atoms with E-state index in [0.29, 0.717) is 5.56 Å². The number of anilines is 2. The molecule has 2 N–H and O–H groups in total. The quantitative estimate of drug-likeness (QED) is 0.492. The van der Waals surface area contributed by atoms with E-state index in [4.69, 9.17) is 11.6 Å². The second kappa shape index (κ2) is 7.93. The van der Waals surface area contributed by atoms with E-state index in [1.807, 2.05) is 0 Å². The number of carbonyl (C=O) groups is 4. The first-order valence-corrected chi connectivity index (χ1v) is 9.62. The van der Waals surface area contributed by atoms with E-state index in [0.717, 1.165) is 0 Å². The van der Waals surface area contributed by atoms with Crippen molar-refractivity contribution >= 4 is 46.4 Å². The summed E-state index contributed by atoms with van der Waals surface area (Å²) >= 11 is 5.58. The molecule has 3 aromatic rings. The van der Waals surface area contributed by atoms with E-state index in [2.05, 4.69) is 10.6 Å².